The topological polar surface area (TPSA) is 46.5 Å². The predicted molar refractivity (Wildman–Crippen MR) is 54.2 cm³/mol. The van der Waals surface area contributed by atoms with Gasteiger partial charge in [0.15, 0.2) is 5.78 Å². The molecule has 0 bridgehead atoms. The van der Waals surface area contributed by atoms with E-state index in [0.717, 1.165) is 5.56 Å². The van der Waals surface area contributed by atoms with Gasteiger partial charge in [0.2, 0.25) is 0 Å². The average Bonchev–Trinajstić information content (AvgIpc) is 2.15. The standard InChI is InChI=1S/C10H11ClO3/c1-6-3-7(11)4-8(9(13)5-12)10(6)14-2/h3-4,12H,5H2,1-2H3. The van der Waals surface area contributed by atoms with Crippen molar-refractivity contribution in [1.29, 1.82) is 0 Å². The minimum Gasteiger partial charge on any atom is -0.496 e. The van der Waals surface area contributed by atoms with Gasteiger partial charge >= 0.3 is 0 Å². The van der Waals surface area contributed by atoms with Crippen molar-refractivity contribution in [3.8, 4) is 5.75 Å². The summed E-state index contributed by atoms with van der Waals surface area (Å²) in [6.45, 7) is 1.25. The van der Waals surface area contributed by atoms with E-state index in [9.17, 15) is 4.79 Å². The first-order chi connectivity index (χ1) is 6.60. The maximum atomic E-state index is 11.3. The van der Waals surface area contributed by atoms with E-state index in [1.807, 2.05) is 0 Å². The third-order valence-electron chi connectivity index (χ3n) is 1.89. The maximum absolute atomic E-state index is 11.3. The van der Waals surface area contributed by atoms with Gasteiger partial charge in [-0.2, -0.15) is 0 Å². The Hall–Kier alpha value is -1.06. The SMILES string of the molecule is COc1c(C)cc(Cl)cc1C(=O)CO. The molecule has 14 heavy (non-hydrogen) atoms. The molecule has 0 unspecified atom stereocenters. The van der Waals surface area contributed by atoms with Crippen LogP contribution in [0.5, 0.6) is 5.75 Å². The summed E-state index contributed by atoms with van der Waals surface area (Å²) in [6, 6.07) is 3.19. The molecule has 0 saturated carbocycles. The number of carbonyl (C=O) groups excluding carboxylic acids is 1. The number of methoxy groups -OCH3 is 1. The van der Waals surface area contributed by atoms with Crippen molar-refractivity contribution in [3.63, 3.8) is 0 Å². The molecule has 0 aliphatic rings. The number of benzene rings is 1. The van der Waals surface area contributed by atoms with Crippen LogP contribution in [0.1, 0.15) is 15.9 Å². The van der Waals surface area contributed by atoms with Crippen molar-refractivity contribution in [2.24, 2.45) is 0 Å². The summed E-state index contributed by atoms with van der Waals surface area (Å²) < 4.78 is 5.06. The highest BCUT2D eigenvalue weighted by molar-refractivity contribution is 6.31. The Kier molecular flexibility index (Phi) is 3.49. The van der Waals surface area contributed by atoms with E-state index in [1.165, 1.54) is 13.2 Å². The van der Waals surface area contributed by atoms with Gasteiger partial charge in [0.05, 0.1) is 12.7 Å². The second-order valence-electron chi connectivity index (χ2n) is 2.88. The molecule has 0 heterocycles. The smallest absolute Gasteiger partial charge is 0.191 e. The Morgan fingerprint density at radius 1 is 1.57 bits per heavy atom. The summed E-state index contributed by atoms with van der Waals surface area (Å²) in [7, 11) is 1.48. The number of halogens is 1. The first-order valence-corrected chi connectivity index (χ1v) is 4.46. The van der Waals surface area contributed by atoms with Crippen LogP contribution in [-0.2, 0) is 0 Å². The van der Waals surface area contributed by atoms with Gasteiger partial charge in [0.25, 0.3) is 0 Å². The van der Waals surface area contributed by atoms with Gasteiger partial charge < -0.3 is 9.84 Å². The van der Waals surface area contributed by atoms with Crippen molar-refractivity contribution < 1.29 is 14.6 Å². The molecule has 0 fully saturated rings. The lowest BCUT2D eigenvalue weighted by Gasteiger charge is -2.10. The Labute approximate surface area is 87.3 Å². The lowest BCUT2D eigenvalue weighted by molar-refractivity contribution is 0.0900. The summed E-state index contributed by atoms with van der Waals surface area (Å²) in [5.74, 6) is 0.0703. The molecule has 1 aromatic rings. The number of aryl methyl sites for hydroxylation is 1. The molecule has 0 aromatic heterocycles. The number of hydrogen-bond donors (Lipinski definition) is 1. The summed E-state index contributed by atoms with van der Waals surface area (Å²) in [6.07, 6.45) is 0. The zero-order valence-electron chi connectivity index (χ0n) is 8.00. The second kappa shape index (κ2) is 4.44. The van der Waals surface area contributed by atoms with E-state index in [1.54, 1.807) is 13.0 Å². The normalized spacial score (nSPS) is 10.0. The lowest BCUT2D eigenvalue weighted by atomic mass is 10.1. The number of ketones is 1. The van der Waals surface area contributed by atoms with Gasteiger partial charge in [-0.1, -0.05) is 11.6 Å². The fourth-order valence-electron chi connectivity index (χ4n) is 1.29. The van der Waals surface area contributed by atoms with Gasteiger partial charge in [0, 0.05) is 5.02 Å². The van der Waals surface area contributed by atoms with E-state index >= 15 is 0 Å². The second-order valence-corrected chi connectivity index (χ2v) is 3.32. The third-order valence-corrected chi connectivity index (χ3v) is 2.11. The molecular weight excluding hydrogens is 204 g/mol. The Bertz CT molecular complexity index is 361. The minimum absolute atomic E-state index is 0.319. The van der Waals surface area contributed by atoms with Gasteiger partial charge in [0.1, 0.15) is 12.4 Å². The van der Waals surface area contributed by atoms with Crippen LogP contribution in [0.25, 0.3) is 0 Å². The van der Waals surface area contributed by atoms with E-state index in [4.69, 9.17) is 21.4 Å². The van der Waals surface area contributed by atoms with Gasteiger partial charge in [-0.25, -0.2) is 0 Å². The zero-order valence-corrected chi connectivity index (χ0v) is 8.76. The van der Waals surface area contributed by atoms with Crippen LogP contribution >= 0.6 is 11.6 Å². The number of aliphatic hydroxyl groups is 1. The molecule has 0 atom stereocenters. The monoisotopic (exact) mass is 214 g/mol. The first kappa shape index (κ1) is 11.0. The summed E-state index contributed by atoms with van der Waals surface area (Å²) in [5.41, 5.74) is 1.09. The Morgan fingerprint density at radius 2 is 2.21 bits per heavy atom. The van der Waals surface area contributed by atoms with Crippen molar-refractivity contribution in [3.05, 3.63) is 28.3 Å². The number of Topliss-reactive ketones (excluding diaryl/α,β-unsaturated/α-hetero) is 1. The zero-order chi connectivity index (χ0) is 10.7. The number of hydrogen-bond acceptors (Lipinski definition) is 3. The molecule has 0 aliphatic carbocycles. The van der Waals surface area contributed by atoms with Crippen molar-refractivity contribution >= 4 is 17.4 Å². The van der Waals surface area contributed by atoms with Crippen LogP contribution in [0.3, 0.4) is 0 Å². The predicted octanol–water partition coefficient (Wildman–Crippen LogP) is 1.83. The van der Waals surface area contributed by atoms with Gasteiger partial charge in [-0.05, 0) is 24.6 Å². The highest BCUT2D eigenvalue weighted by Gasteiger charge is 2.14. The molecule has 4 heteroatoms. The van der Waals surface area contributed by atoms with Crippen LogP contribution in [0, 0.1) is 6.92 Å². The number of rotatable bonds is 3. The first-order valence-electron chi connectivity index (χ1n) is 4.08. The number of carbonyl (C=O) groups is 1. The minimum atomic E-state index is -0.545. The van der Waals surface area contributed by atoms with E-state index < -0.39 is 12.4 Å². The largest absolute Gasteiger partial charge is 0.496 e. The van der Waals surface area contributed by atoms with Crippen LogP contribution in [0.4, 0.5) is 0 Å². The quantitative estimate of drug-likeness (QED) is 0.781. The Morgan fingerprint density at radius 3 is 2.71 bits per heavy atom. The molecular formula is C10H11ClO3. The van der Waals surface area contributed by atoms with Crippen LogP contribution < -0.4 is 4.74 Å². The molecule has 1 aromatic carbocycles. The third kappa shape index (κ3) is 2.05. The molecule has 0 saturated heterocycles. The molecule has 1 rings (SSSR count). The molecule has 0 spiro atoms. The number of ether oxygens (including phenoxy) is 1. The Balaban J connectivity index is 3.32. The molecule has 76 valence electrons. The van der Waals surface area contributed by atoms with E-state index in [2.05, 4.69) is 0 Å². The molecule has 0 radical (unpaired) electrons. The van der Waals surface area contributed by atoms with Crippen LogP contribution in [0.2, 0.25) is 5.02 Å². The molecule has 0 amide bonds. The highest BCUT2D eigenvalue weighted by Crippen LogP contribution is 2.27. The summed E-state index contributed by atoms with van der Waals surface area (Å²) >= 11 is 5.79. The van der Waals surface area contributed by atoms with Crippen molar-refractivity contribution in [1.82, 2.24) is 0 Å². The average molecular weight is 215 g/mol. The summed E-state index contributed by atoms with van der Waals surface area (Å²) in [4.78, 5) is 11.3. The van der Waals surface area contributed by atoms with Crippen molar-refractivity contribution in [2.45, 2.75) is 6.92 Å². The molecule has 3 nitrogen and oxygen atoms in total. The van der Waals surface area contributed by atoms with Crippen molar-refractivity contribution in [2.75, 3.05) is 13.7 Å². The summed E-state index contributed by atoms with van der Waals surface area (Å²) in [5, 5.41) is 9.20. The van der Waals surface area contributed by atoms with Crippen LogP contribution in [-0.4, -0.2) is 24.6 Å². The fraction of sp³-hybridized carbons (Fsp3) is 0.300. The number of aliphatic hydroxyl groups excluding tert-OH is 1. The van der Waals surface area contributed by atoms with Crippen LogP contribution in [0.15, 0.2) is 12.1 Å². The van der Waals surface area contributed by atoms with E-state index in [-0.39, 0.29) is 0 Å². The lowest BCUT2D eigenvalue weighted by Crippen LogP contribution is -2.07. The molecule has 0 aliphatic heterocycles. The van der Waals surface area contributed by atoms with Gasteiger partial charge in [-0.15, -0.1) is 0 Å². The maximum Gasteiger partial charge on any atom is 0.191 e. The molecule has 1 N–H and O–H groups in total. The fourth-order valence-corrected chi connectivity index (χ4v) is 1.57. The highest BCUT2D eigenvalue weighted by atomic mass is 35.5. The van der Waals surface area contributed by atoms with Gasteiger partial charge in [-0.3, -0.25) is 4.79 Å². The van der Waals surface area contributed by atoms with E-state index in [0.29, 0.717) is 16.3 Å².